The number of nitrogens with one attached hydrogen (secondary N) is 1. The van der Waals surface area contributed by atoms with E-state index in [4.69, 9.17) is 9.84 Å². The lowest BCUT2D eigenvalue weighted by molar-refractivity contribution is 0.102. The first kappa shape index (κ1) is 12.0. The van der Waals surface area contributed by atoms with E-state index >= 15 is 0 Å². The zero-order valence-electron chi connectivity index (χ0n) is 9.88. The van der Waals surface area contributed by atoms with Crippen molar-refractivity contribution in [2.75, 3.05) is 12.4 Å². The highest BCUT2D eigenvalue weighted by Gasteiger charge is 2.08. The molecule has 0 saturated heterocycles. The molecule has 2 N–H and O–H groups in total. The van der Waals surface area contributed by atoms with Crippen LogP contribution in [-0.4, -0.2) is 18.1 Å². The van der Waals surface area contributed by atoms with Gasteiger partial charge in [-0.15, -0.1) is 0 Å². The third-order valence-corrected chi connectivity index (χ3v) is 2.48. The summed E-state index contributed by atoms with van der Waals surface area (Å²) in [4.78, 5) is 11.9. The second kappa shape index (κ2) is 5.23. The van der Waals surface area contributed by atoms with Crippen molar-refractivity contribution in [3.8, 4) is 11.5 Å². The summed E-state index contributed by atoms with van der Waals surface area (Å²) in [6, 6.07) is 13.2. The van der Waals surface area contributed by atoms with Crippen LogP contribution in [0.3, 0.4) is 0 Å². The molecule has 0 aliphatic carbocycles. The van der Waals surface area contributed by atoms with Gasteiger partial charge < -0.3 is 15.2 Å². The Hall–Kier alpha value is -2.49. The van der Waals surface area contributed by atoms with Gasteiger partial charge in [0.2, 0.25) is 0 Å². The topological polar surface area (TPSA) is 58.6 Å². The first-order chi connectivity index (χ1) is 8.70. The summed E-state index contributed by atoms with van der Waals surface area (Å²) in [5, 5.41) is 11.9. The van der Waals surface area contributed by atoms with Crippen molar-refractivity contribution in [2.45, 2.75) is 0 Å². The first-order valence-corrected chi connectivity index (χ1v) is 5.44. The van der Waals surface area contributed by atoms with Gasteiger partial charge in [-0.25, -0.2) is 0 Å². The van der Waals surface area contributed by atoms with Gasteiger partial charge in [-0.1, -0.05) is 12.1 Å². The third-order valence-electron chi connectivity index (χ3n) is 2.48. The number of anilines is 1. The molecule has 0 unspecified atom stereocenters. The number of amides is 1. The van der Waals surface area contributed by atoms with Gasteiger partial charge in [0.25, 0.3) is 5.91 Å². The van der Waals surface area contributed by atoms with Gasteiger partial charge >= 0.3 is 0 Å². The SMILES string of the molecule is COc1ccccc1NC(=O)c1ccc(O)cc1. The normalized spacial score (nSPS) is 9.83. The van der Waals surface area contributed by atoms with E-state index in [1.54, 1.807) is 31.4 Å². The molecule has 92 valence electrons. The summed E-state index contributed by atoms with van der Waals surface area (Å²) in [6.45, 7) is 0. The smallest absolute Gasteiger partial charge is 0.255 e. The van der Waals surface area contributed by atoms with Crippen LogP contribution in [0.1, 0.15) is 10.4 Å². The number of aromatic hydroxyl groups is 1. The van der Waals surface area contributed by atoms with Crippen molar-refractivity contribution in [1.29, 1.82) is 0 Å². The second-order valence-electron chi connectivity index (χ2n) is 3.70. The van der Waals surface area contributed by atoms with Crippen LogP contribution >= 0.6 is 0 Å². The molecule has 0 bridgehead atoms. The maximum absolute atomic E-state index is 11.9. The van der Waals surface area contributed by atoms with Crippen LogP contribution in [-0.2, 0) is 0 Å². The molecule has 0 heterocycles. The maximum atomic E-state index is 11.9. The van der Waals surface area contributed by atoms with Crippen molar-refractivity contribution in [3.63, 3.8) is 0 Å². The zero-order chi connectivity index (χ0) is 13.0. The molecule has 1 amide bonds. The summed E-state index contributed by atoms with van der Waals surface area (Å²) in [5.41, 5.74) is 1.08. The van der Waals surface area contributed by atoms with E-state index in [1.165, 1.54) is 12.1 Å². The Labute approximate surface area is 105 Å². The lowest BCUT2D eigenvalue weighted by Crippen LogP contribution is -2.12. The standard InChI is InChI=1S/C14H13NO3/c1-18-13-5-3-2-4-12(13)15-14(17)10-6-8-11(16)9-7-10/h2-9,16H,1H3,(H,15,17). The fourth-order valence-electron chi connectivity index (χ4n) is 1.56. The quantitative estimate of drug-likeness (QED) is 0.871. The second-order valence-corrected chi connectivity index (χ2v) is 3.70. The van der Waals surface area contributed by atoms with Gasteiger partial charge in [0.15, 0.2) is 0 Å². The van der Waals surface area contributed by atoms with Gasteiger partial charge in [0.1, 0.15) is 11.5 Å². The number of hydrogen-bond acceptors (Lipinski definition) is 3. The van der Waals surface area contributed by atoms with E-state index in [1.807, 2.05) is 12.1 Å². The molecule has 2 rings (SSSR count). The molecule has 0 fully saturated rings. The molecular formula is C14H13NO3. The van der Waals surface area contributed by atoms with Crippen LogP contribution in [0.25, 0.3) is 0 Å². The molecule has 2 aromatic carbocycles. The van der Waals surface area contributed by atoms with E-state index in [2.05, 4.69) is 5.32 Å². The van der Waals surface area contributed by atoms with E-state index in [-0.39, 0.29) is 11.7 Å². The lowest BCUT2D eigenvalue weighted by Gasteiger charge is -2.09. The highest BCUT2D eigenvalue weighted by molar-refractivity contribution is 6.05. The Morgan fingerprint density at radius 2 is 1.78 bits per heavy atom. The minimum absolute atomic E-state index is 0.129. The van der Waals surface area contributed by atoms with E-state index in [9.17, 15) is 4.79 Å². The Balaban J connectivity index is 2.18. The monoisotopic (exact) mass is 243 g/mol. The Bertz CT molecular complexity index is 549. The molecule has 18 heavy (non-hydrogen) atoms. The molecule has 4 heteroatoms. The van der Waals surface area contributed by atoms with Crippen molar-refractivity contribution in [3.05, 3.63) is 54.1 Å². The molecule has 0 radical (unpaired) electrons. The lowest BCUT2D eigenvalue weighted by atomic mass is 10.2. The van der Waals surface area contributed by atoms with E-state index in [0.717, 1.165) is 0 Å². The minimum Gasteiger partial charge on any atom is -0.508 e. The fraction of sp³-hybridized carbons (Fsp3) is 0.0714. The van der Waals surface area contributed by atoms with Gasteiger partial charge in [-0.3, -0.25) is 4.79 Å². The predicted molar refractivity (Wildman–Crippen MR) is 69.1 cm³/mol. The number of rotatable bonds is 3. The Morgan fingerprint density at radius 3 is 2.44 bits per heavy atom. The molecule has 0 saturated carbocycles. The molecule has 0 aliphatic rings. The largest absolute Gasteiger partial charge is 0.508 e. The fourth-order valence-corrected chi connectivity index (χ4v) is 1.56. The van der Waals surface area contributed by atoms with Crippen LogP contribution in [0.2, 0.25) is 0 Å². The summed E-state index contributed by atoms with van der Waals surface area (Å²) in [5.74, 6) is 0.480. The molecule has 0 spiro atoms. The highest BCUT2D eigenvalue weighted by Crippen LogP contribution is 2.23. The highest BCUT2D eigenvalue weighted by atomic mass is 16.5. The number of benzene rings is 2. The van der Waals surface area contributed by atoms with Crippen molar-refractivity contribution in [1.82, 2.24) is 0 Å². The number of methoxy groups -OCH3 is 1. The van der Waals surface area contributed by atoms with Gasteiger partial charge in [0.05, 0.1) is 12.8 Å². The number of phenolic OH excluding ortho intramolecular Hbond substituents is 1. The number of phenols is 1. The third kappa shape index (κ3) is 2.60. The number of para-hydroxylation sites is 2. The van der Waals surface area contributed by atoms with Crippen LogP contribution in [0, 0.1) is 0 Å². The summed E-state index contributed by atoms with van der Waals surface area (Å²) in [7, 11) is 1.55. The molecular weight excluding hydrogens is 230 g/mol. The number of carbonyl (C=O) groups is 1. The Morgan fingerprint density at radius 1 is 1.11 bits per heavy atom. The van der Waals surface area contributed by atoms with Gasteiger partial charge in [-0.2, -0.15) is 0 Å². The predicted octanol–water partition coefficient (Wildman–Crippen LogP) is 2.65. The zero-order valence-corrected chi connectivity index (χ0v) is 9.88. The average Bonchev–Trinajstić information content (AvgIpc) is 2.40. The molecule has 0 aromatic heterocycles. The van der Waals surface area contributed by atoms with Crippen LogP contribution in [0.4, 0.5) is 5.69 Å². The van der Waals surface area contributed by atoms with E-state index in [0.29, 0.717) is 17.0 Å². The Kier molecular flexibility index (Phi) is 3.48. The molecule has 4 nitrogen and oxygen atoms in total. The maximum Gasteiger partial charge on any atom is 0.255 e. The van der Waals surface area contributed by atoms with Crippen LogP contribution in [0.15, 0.2) is 48.5 Å². The van der Waals surface area contributed by atoms with Crippen molar-refractivity contribution < 1.29 is 14.6 Å². The summed E-state index contributed by atoms with van der Waals surface area (Å²) < 4.78 is 5.15. The van der Waals surface area contributed by atoms with Crippen molar-refractivity contribution >= 4 is 11.6 Å². The minimum atomic E-state index is -0.250. The first-order valence-electron chi connectivity index (χ1n) is 5.44. The number of hydrogen-bond donors (Lipinski definition) is 2. The number of carbonyl (C=O) groups excluding carboxylic acids is 1. The van der Waals surface area contributed by atoms with Crippen molar-refractivity contribution in [2.24, 2.45) is 0 Å². The average molecular weight is 243 g/mol. The van der Waals surface area contributed by atoms with Gasteiger partial charge in [-0.05, 0) is 36.4 Å². The molecule has 2 aromatic rings. The summed E-state index contributed by atoms with van der Waals surface area (Å²) in [6.07, 6.45) is 0. The van der Waals surface area contributed by atoms with Gasteiger partial charge in [0, 0.05) is 5.56 Å². The van der Waals surface area contributed by atoms with Crippen LogP contribution < -0.4 is 10.1 Å². The molecule has 0 aliphatic heterocycles. The summed E-state index contributed by atoms with van der Waals surface area (Å²) >= 11 is 0. The van der Waals surface area contributed by atoms with E-state index < -0.39 is 0 Å². The van der Waals surface area contributed by atoms with Crippen LogP contribution in [0.5, 0.6) is 11.5 Å². The molecule has 0 atom stereocenters. The number of ether oxygens (including phenoxy) is 1.